The molecule has 0 spiro atoms. The number of benzene rings is 1. The molecule has 0 unspecified atom stereocenters. The SMILES string of the molecule is Cc1ccc(Cn2nc(C)c3cc(C(=O)NNC(=O)C(=O)NC(C)C)sc32)cc1. The van der Waals surface area contributed by atoms with Crippen LogP contribution in [0.4, 0.5) is 0 Å². The molecule has 3 aromatic rings. The van der Waals surface area contributed by atoms with Crippen molar-refractivity contribution in [3.63, 3.8) is 0 Å². The first kappa shape index (κ1) is 20.5. The molecule has 0 aliphatic heterocycles. The van der Waals surface area contributed by atoms with Crippen molar-refractivity contribution in [3.8, 4) is 0 Å². The van der Waals surface area contributed by atoms with Crippen LogP contribution in [0, 0.1) is 13.8 Å². The van der Waals surface area contributed by atoms with Crippen molar-refractivity contribution >= 4 is 39.3 Å². The lowest BCUT2D eigenvalue weighted by atomic mass is 10.1. The van der Waals surface area contributed by atoms with Crippen LogP contribution in [0.15, 0.2) is 30.3 Å². The summed E-state index contributed by atoms with van der Waals surface area (Å²) in [5.74, 6) is -2.21. The molecule has 0 atom stereocenters. The van der Waals surface area contributed by atoms with Crippen LogP contribution in [0.2, 0.25) is 0 Å². The number of aromatic nitrogens is 2. The smallest absolute Gasteiger partial charge is 0.327 e. The van der Waals surface area contributed by atoms with Crippen LogP contribution >= 0.6 is 11.3 Å². The Morgan fingerprint density at radius 2 is 1.76 bits per heavy atom. The van der Waals surface area contributed by atoms with E-state index in [2.05, 4.69) is 33.4 Å². The van der Waals surface area contributed by atoms with Gasteiger partial charge in [-0.2, -0.15) is 5.10 Å². The van der Waals surface area contributed by atoms with Crippen LogP contribution in [-0.2, 0) is 16.1 Å². The van der Waals surface area contributed by atoms with Crippen molar-refractivity contribution in [3.05, 3.63) is 52.0 Å². The van der Waals surface area contributed by atoms with Gasteiger partial charge in [0.25, 0.3) is 5.91 Å². The molecule has 3 amide bonds. The van der Waals surface area contributed by atoms with Gasteiger partial charge in [-0.05, 0) is 39.3 Å². The first-order chi connectivity index (χ1) is 13.7. The lowest BCUT2D eigenvalue weighted by Crippen LogP contribution is -2.49. The normalized spacial score (nSPS) is 10.9. The van der Waals surface area contributed by atoms with E-state index in [1.165, 1.54) is 16.9 Å². The molecule has 0 aliphatic rings. The fourth-order valence-electron chi connectivity index (χ4n) is 2.76. The molecule has 2 aromatic heterocycles. The summed E-state index contributed by atoms with van der Waals surface area (Å²) in [5, 5.41) is 7.90. The third-order valence-electron chi connectivity index (χ3n) is 4.20. The van der Waals surface area contributed by atoms with Crippen molar-refractivity contribution < 1.29 is 14.4 Å². The van der Waals surface area contributed by atoms with Gasteiger partial charge in [0.1, 0.15) is 4.83 Å². The van der Waals surface area contributed by atoms with Gasteiger partial charge in [-0.25, -0.2) is 0 Å². The molecule has 2 heterocycles. The minimum Gasteiger partial charge on any atom is -0.346 e. The van der Waals surface area contributed by atoms with Crippen molar-refractivity contribution in [2.45, 2.75) is 40.3 Å². The highest BCUT2D eigenvalue weighted by atomic mass is 32.1. The summed E-state index contributed by atoms with van der Waals surface area (Å²) in [6.07, 6.45) is 0. The number of carbonyl (C=O) groups excluding carboxylic acids is 3. The van der Waals surface area contributed by atoms with Crippen LogP contribution in [0.5, 0.6) is 0 Å². The third-order valence-corrected chi connectivity index (χ3v) is 5.35. The minimum atomic E-state index is -0.921. The first-order valence-corrected chi connectivity index (χ1v) is 10.00. The van der Waals surface area contributed by atoms with E-state index < -0.39 is 17.7 Å². The molecule has 0 bridgehead atoms. The summed E-state index contributed by atoms with van der Waals surface area (Å²) in [6, 6.07) is 9.77. The fraction of sp³-hybridized carbons (Fsp3) is 0.300. The Hall–Kier alpha value is -3.20. The van der Waals surface area contributed by atoms with Gasteiger partial charge in [0.2, 0.25) is 0 Å². The molecule has 0 radical (unpaired) electrons. The van der Waals surface area contributed by atoms with Crippen LogP contribution in [-0.4, -0.2) is 33.5 Å². The molecule has 0 saturated carbocycles. The van der Waals surface area contributed by atoms with Crippen molar-refractivity contribution in [1.29, 1.82) is 0 Å². The summed E-state index contributed by atoms with van der Waals surface area (Å²) in [4.78, 5) is 37.0. The Labute approximate surface area is 172 Å². The second-order valence-electron chi connectivity index (χ2n) is 7.09. The second kappa shape index (κ2) is 8.44. The monoisotopic (exact) mass is 413 g/mol. The van der Waals surface area contributed by atoms with Crippen LogP contribution in [0.25, 0.3) is 10.2 Å². The van der Waals surface area contributed by atoms with Gasteiger partial charge in [0.05, 0.1) is 17.1 Å². The molecule has 9 heteroatoms. The molecular formula is C20H23N5O3S. The average Bonchev–Trinajstić information content (AvgIpc) is 3.22. The number of aryl methyl sites for hydroxylation is 2. The maximum Gasteiger partial charge on any atom is 0.327 e. The van der Waals surface area contributed by atoms with Crippen LogP contribution < -0.4 is 16.2 Å². The zero-order valence-corrected chi connectivity index (χ0v) is 17.5. The number of rotatable bonds is 4. The summed E-state index contributed by atoms with van der Waals surface area (Å²) < 4.78 is 1.87. The predicted molar refractivity (Wildman–Crippen MR) is 112 cm³/mol. The zero-order valence-electron chi connectivity index (χ0n) is 16.7. The van der Waals surface area contributed by atoms with E-state index in [-0.39, 0.29) is 6.04 Å². The van der Waals surface area contributed by atoms with Crippen molar-refractivity contribution in [2.75, 3.05) is 0 Å². The Morgan fingerprint density at radius 3 is 2.41 bits per heavy atom. The lowest BCUT2D eigenvalue weighted by Gasteiger charge is -2.09. The number of hydrogen-bond donors (Lipinski definition) is 3. The van der Waals surface area contributed by atoms with Crippen molar-refractivity contribution in [2.24, 2.45) is 0 Å². The molecule has 8 nitrogen and oxygen atoms in total. The van der Waals surface area contributed by atoms with E-state index >= 15 is 0 Å². The van der Waals surface area contributed by atoms with E-state index in [1.54, 1.807) is 19.9 Å². The quantitative estimate of drug-likeness (QED) is 0.450. The maximum atomic E-state index is 12.4. The number of amides is 3. The van der Waals surface area contributed by atoms with E-state index in [1.807, 2.05) is 30.7 Å². The summed E-state index contributed by atoms with van der Waals surface area (Å²) in [5.41, 5.74) is 7.54. The van der Waals surface area contributed by atoms with E-state index in [9.17, 15) is 14.4 Å². The van der Waals surface area contributed by atoms with Gasteiger partial charge in [-0.15, -0.1) is 11.3 Å². The molecule has 0 fully saturated rings. The van der Waals surface area contributed by atoms with Gasteiger partial charge in [-0.3, -0.25) is 29.9 Å². The number of hydrazine groups is 1. The summed E-state index contributed by atoms with van der Waals surface area (Å²) in [6.45, 7) is 8.00. The van der Waals surface area contributed by atoms with Crippen LogP contribution in [0.1, 0.15) is 40.3 Å². The lowest BCUT2D eigenvalue weighted by molar-refractivity contribution is -0.139. The molecule has 0 saturated heterocycles. The Balaban J connectivity index is 1.72. The highest BCUT2D eigenvalue weighted by Gasteiger charge is 2.19. The predicted octanol–water partition coefficient (Wildman–Crippen LogP) is 2.05. The topological polar surface area (TPSA) is 105 Å². The minimum absolute atomic E-state index is 0.175. The van der Waals surface area contributed by atoms with E-state index in [0.29, 0.717) is 11.4 Å². The molecule has 0 aliphatic carbocycles. The number of hydrogen-bond acceptors (Lipinski definition) is 5. The number of fused-ring (bicyclic) bond motifs is 1. The van der Waals surface area contributed by atoms with Crippen molar-refractivity contribution in [1.82, 2.24) is 25.9 Å². The maximum absolute atomic E-state index is 12.4. The number of carbonyl (C=O) groups is 3. The summed E-state index contributed by atoms with van der Waals surface area (Å²) >= 11 is 1.28. The molecular weight excluding hydrogens is 390 g/mol. The van der Waals surface area contributed by atoms with E-state index in [0.717, 1.165) is 21.5 Å². The van der Waals surface area contributed by atoms with Crippen LogP contribution in [0.3, 0.4) is 0 Å². The largest absolute Gasteiger partial charge is 0.346 e. The van der Waals surface area contributed by atoms with Gasteiger partial charge >= 0.3 is 11.8 Å². The number of thiophene rings is 1. The highest BCUT2D eigenvalue weighted by Crippen LogP contribution is 2.28. The molecule has 3 rings (SSSR count). The van der Waals surface area contributed by atoms with Gasteiger partial charge in [0, 0.05) is 11.4 Å². The van der Waals surface area contributed by atoms with Gasteiger partial charge in [0.15, 0.2) is 0 Å². The number of nitrogens with one attached hydrogen (secondary N) is 3. The Morgan fingerprint density at radius 1 is 1.07 bits per heavy atom. The number of nitrogens with zero attached hydrogens (tertiary/aromatic N) is 2. The average molecular weight is 414 g/mol. The molecule has 29 heavy (non-hydrogen) atoms. The fourth-order valence-corrected chi connectivity index (χ4v) is 3.81. The first-order valence-electron chi connectivity index (χ1n) is 9.18. The van der Waals surface area contributed by atoms with Gasteiger partial charge in [-0.1, -0.05) is 29.8 Å². The van der Waals surface area contributed by atoms with Gasteiger partial charge < -0.3 is 5.32 Å². The standard InChI is InChI=1S/C20H23N5O3S/c1-11(2)21-18(27)19(28)23-22-17(26)16-9-15-13(4)24-25(20(15)29-16)10-14-7-5-12(3)6-8-14/h5-9,11H,10H2,1-4H3,(H,21,27)(H,22,26)(H,23,28). The molecule has 1 aromatic carbocycles. The second-order valence-corrected chi connectivity index (χ2v) is 8.13. The Kier molecular flexibility index (Phi) is 5.97. The zero-order chi connectivity index (χ0) is 21.1. The Bertz CT molecular complexity index is 1070. The highest BCUT2D eigenvalue weighted by molar-refractivity contribution is 7.20. The molecule has 152 valence electrons. The van der Waals surface area contributed by atoms with E-state index in [4.69, 9.17) is 0 Å². The third kappa shape index (κ3) is 4.80. The molecule has 3 N–H and O–H groups in total. The summed E-state index contributed by atoms with van der Waals surface area (Å²) in [7, 11) is 0.